The molecule has 2 aliphatic rings. The van der Waals surface area contributed by atoms with Crippen LogP contribution in [0.5, 0.6) is 0 Å². The van der Waals surface area contributed by atoms with Crippen molar-refractivity contribution in [2.24, 2.45) is 0 Å². The van der Waals surface area contributed by atoms with E-state index < -0.39 is 5.41 Å². The van der Waals surface area contributed by atoms with Crippen molar-refractivity contribution in [2.75, 3.05) is 0 Å². The van der Waals surface area contributed by atoms with Crippen molar-refractivity contribution in [3.8, 4) is 55.6 Å². The van der Waals surface area contributed by atoms with Crippen LogP contribution in [0.15, 0.2) is 218 Å². The van der Waals surface area contributed by atoms with Crippen LogP contribution >= 0.6 is 0 Å². The van der Waals surface area contributed by atoms with Crippen LogP contribution in [0, 0.1) is 0 Å². The van der Waals surface area contributed by atoms with E-state index in [2.05, 4.69) is 218 Å². The van der Waals surface area contributed by atoms with Crippen LogP contribution in [-0.2, 0) is 5.41 Å². The van der Waals surface area contributed by atoms with Crippen LogP contribution in [0.2, 0.25) is 0 Å². The van der Waals surface area contributed by atoms with Gasteiger partial charge in [0.1, 0.15) is 0 Å². The molecular weight excluding hydrogens is 709 g/mol. The largest absolute Gasteiger partial charge is 0.0731 e. The minimum atomic E-state index is -0.502. The molecule has 0 aromatic heterocycles. The van der Waals surface area contributed by atoms with Crippen molar-refractivity contribution >= 4 is 43.1 Å². The average molecular weight is 745 g/mol. The molecule has 1 spiro atoms. The highest BCUT2D eigenvalue weighted by Crippen LogP contribution is 2.66. The smallest absolute Gasteiger partial charge is 0.0622 e. The molecule has 0 atom stereocenters. The lowest BCUT2D eigenvalue weighted by atomic mass is 9.68. The van der Waals surface area contributed by atoms with E-state index in [0.29, 0.717) is 0 Å². The maximum atomic E-state index is 2.61. The van der Waals surface area contributed by atoms with Gasteiger partial charge in [-0.1, -0.05) is 212 Å². The van der Waals surface area contributed by atoms with Crippen molar-refractivity contribution < 1.29 is 0 Å². The van der Waals surface area contributed by atoms with E-state index >= 15 is 0 Å². The normalized spacial score (nSPS) is 13.2. The third kappa shape index (κ3) is 4.28. The minimum absolute atomic E-state index is 0.502. The van der Waals surface area contributed by atoms with E-state index in [1.807, 2.05) is 0 Å². The molecule has 0 radical (unpaired) electrons. The summed E-state index contributed by atoms with van der Waals surface area (Å²) in [4.78, 5) is 0. The topological polar surface area (TPSA) is 0 Å². The zero-order chi connectivity index (χ0) is 38.7. The van der Waals surface area contributed by atoms with Gasteiger partial charge in [-0.15, -0.1) is 0 Å². The summed E-state index contributed by atoms with van der Waals surface area (Å²) in [6.45, 7) is 0. The van der Waals surface area contributed by atoms with Crippen LogP contribution in [0.25, 0.3) is 98.7 Å². The number of fused-ring (bicyclic) bond motifs is 16. The molecule has 0 saturated heterocycles. The van der Waals surface area contributed by atoms with E-state index in [-0.39, 0.29) is 0 Å². The summed E-state index contributed by atoms with van der Waals surface area (Å²) in [5, 5.41) is 10.2. The highest BCUT2D eigenvalue weighted by Gasteiger charge is 2.53. The molecule has 0 heterocycles. The van der Waals surface area contributed by atoms with Crippen molar-refractivity contribution in [1.82, 2.24) is 0 Å². The molecule has 0 amide bonds. The fourth-order valence-electron chi connectivity index (χ4n) is 11.3. The molecule has 0 aliphatic heterocycles. The summed E-state index contributed by atoms with van der Waals surface area (Å²) in [5.41, 5.74) is 17.8. The van der Waals surface area contributed by atoms with Gasteiger partial charge < -0.3 is 0 Å². The van der Waals surface area contributed by atoms with Gasteiger partial charge in [0.25, 0.3) is 0 Å². The molecule has 0 bridgehead atoms. The molecule has 59 heavy (non-hydrogen) atoms. The Hall–Kier alpha value is -7.54. The molecule has 0 unspecified atom stereocenters. The van der Waals surface area contributed by atoms with Crippen molar-refractivity contribution in [3.63, 3.8) is 0 Å². The van der Waals surface area contributed by atoms with Crippen LogP contribution < -0.4 is 0 Å². The fourth-order valence-corrected chi connectivity index (χ4v) is 11.3. The predicted octanol–water partition coefficient (Wildman–Crippen LogP) is 15.6. The molecule has 0 N–H and O–H groups in total. The Balaban J connectivity index is 1.21. The first-order chi connectivity index (χ1) is 29.3. The zero-order valence-electron chi connectivity index (χ0n) is 32.3. The Kier molecular flexibility index (Phi) is 6.74. The van der Waals surface area contributed by atoms with Crippen molar-refractivity contribution in [2.45, 2.75) is 5.41 Å². The van der Waals surface area contributed by atoms with Gasteiger partial charge in [0, 0.05) is 0 Å². The van der Waals surface area contributed by atoms with Gasteiger partial charge in [-0.3, -0.25) is 0 Å². The van der Waals surface area contributed by atoms with E-state index in [1.165, 1.54) is 121 Å². The lowest BCUT2D eigenvalue weighted by Gasteiger charge is -2.32. The third-order valence-corrected chi connectivity index (χ3v) is 13.5. The van der Waals surface area contributed by atoms with Crippen LogP contribution in [0.1, 0.15) is 22.3 Å². The number of hydrogen-bond donors (Lipinski definition) is 0. The van der Waals surface area contributed by atoms with Gasteiger partial charge in [0.05, 0.1) is 5.41 Å². The number of rotatable bonds is 3. The second kappa shape index (κ2) is 12.2. The molecule has 11 aromatic carbocycles. The van der Waals surface area contributed by atoms with Crippen molar-refractivity contribution in [3.05, 3.63) is 241 Å². The first kappa shape index (κ1) is 32.5. The standard InChI is InChI=1S/C59H36/c1-2-18-37(19-3-1)39-21-6-8-26-44(39)55-46-28-10-12-30-48(46)56(49-31-13-11-29-47(49)55)51-36-54-57(45-27-9-7-23-41(45)51)50-35-34-38-20-4-5-22-40(38)58(50)59(54)52-32-16-14-24-42(52)43-25-15-17-33-53(43)59/h1-36H. The lowest BCUT2D eigenvalue weighted by molar-refractivity contribution is 0.802. The summed E-state index contributed by atoms with van der Waals surface area (Å²) in [7, 11) is 0. The molecule has 13 rings (SSSR count). The molecule has 0 fully saturated rings. The molecule has 2 aliphatic carbocycles. The maximum absolute atomic E-state index is 2.61. The Bertz CT molecular complexity index is 3450. The number of hydrogen-bond acceptors (Lipinski definition) is 0. The maximum Gasteiger partial charge on any atom is 0.0731 e. The van der Waals surface area contributed by atoms with Gasteiger partial charge in [-0.2, -0.15) is 0 Å². The Labute approximate surface area is 343 Å². The van der Waals surface area contributed by atoms with E-state index in [1.54, 1.807) is 0 Å². The summed E-state index contributed by atoms with van der Waals surface area (Å²) in [6, 6.07) is 81.9. The molecule has 0 saturated carbocycles. The highest BCUT2D eigenvalue weighted by atomic mass is 14.5. The molecule has 272 valence electrons. The van der Waals surface area contributed by atoms with Crippen LogP contribution in [0.3, 0.4) is 0 Å². The third-order valence-electron chi connectivity index (χ3n) is 13.5. The van der Waals surface area contributed by atoms with E-state index in [9.17, 15) is 0 Å². The molecular formula is C59H36. The second-order valence-corrected chi connectivity index (χ2v) is 16.2. The first-order valence-corrected chi connectivity index (χ1v) is 20.7. The molecule has 0 heteroatoms. The summed E-state index contributed by atoms with van der Waals surface area (Å²) >= 11 is 0. The predicted molar refractivity (Wildman–Crippen MR) is 249 cm³/mol. The Morgan fingerprint density at radius 1 is 0.237 bits per heavy atom. The first-order valence-electron chi connectivity index (χ1n) is 20.7. The van der Waals surface area contributed by atoms with Crippen LogP contribution in [-0.4, -0.2) is 0 Å². The van der Waals surface area contributed by atoms with Gasteiger partial charge in [-0.05, 0) is 127 Å². The summed E-state index contributed by atoms with van der Waals surface area (Å²) in [5.74, 6) is 0. The quantitative estimate of drug-likeness (QED) is 0.158. The summed E-state index contributed by atoms with van der Waals surface area (Å²) < 4.78 is 0. The lowest BCUT2D eigenvalue weighted by Crippen LogP contribution is -2.26. The second-order valence-electron chi connectivity index (χ2n) is 16.2. The van der Waals surface area contributed by atoms with Gasteiger partial charge in [0.2, 0.25) is 0 Å². The van der Waals surface area contributed by atoms with Crippen LogP contribution in [0.4, 0.5) is 0 Å². The minimum Gasteiger partial charge on any atom is -0.0622 e. The zero-order valence-corrected chi connectivity index (χ0v) is 32.3. The Morgan fingerprint density at radius 3 is 1.29 bits per heavy atom. The summed E-state index contributed by atoms with van der Waals surface area (Å²) in [6.07, 6.45) is 0. The van der Waals surface area contributed by atoms with Gasteiger partial charge >= 0.3 is 0 Å². The SMILES string of the molecule is c1ccc(-c2ccccc2-c2c3ccccc3c(-c3cc4c(c5ccccc35)-c3ccc5ccccc5c3C43c4ccccc4-c4ccccc43)c3ccccc23)cc1. The fraction of sp³-hybridized carbons (Fsp3) is 0.0169. The Morgan fingerprint density at radius 2 is 0.678 bits per heavy atom. The van der Waals surface area contributed by atoms with E-state index in [0.717, 1.165) is 0 Å². The van der Waals surface area contributed by atoms with Crippen molar-refractivity contribution in [1.29, 1.82) is 0 Å². The van der Waals surface area contributed by atoms with Gasteiger partial charge in [0.15, 0.2) is 0 Å². The monoisotopic (exact) mass is 744 g/mol. The van der Waals surface area contributed by atoms with E-state index in [4.69, 9.17) is 0 Å². The average Bonchev–Trinajstić information content (AvgIpc) is 3.78. The molecule has 11 aromatic rings. The molecule has 0 nitrogen and oxygen atoms in total. The van der Waals surface area contributed by atoms with Gasteiger partial charge in [-0.25, -0.2) is 0 Å². The number of benzene rings is 11. The highest BCUT2D eigenvalue weighted by molar-refractivity contribution is 6.26.